The summed E-state index contributed by atoms with van der Waals surface area (Å²) in [6.45, 7) is 4.00. The van der Waals surface area contributed by atoms with Crippen LogP contribution in [-0.4, -0.2) is 4.98 Å². The monoisotopic (exact) mass is 208 g/mol. The van der Waals surface area contributed by atoms with Gasteiger partial charge in [0.2, 0.25) is 0 Å². The molecule has 74 valence electrons. The lowest BCUT2D eigenvalue weighted by Crippen LogP contribution is -2.04. The van der Waals surface area contributed by atoms with E-state index in [2.05, 4.69) is 28.7 Å². The van der Waals surface area contributed by atoms with Gasteiger partial charge in [-0.25, -0.2) is 0 Å². The fourth-order valence-electron chi connectivity index (χ4n) is 1.21. The van der Waals surface area contributed by atoms with Crippen LogP contribution in [0.25, 0.3) is 0 Å². The Bertz CT molecular complexity index is 394. The second-order valence-corrected chi connectivity index (χ2v) is 4.15. The Morgan fingerprint density at radius 2 is 2.43 bits per heavy atom. The van der Waals surface area contributed by atoms with Crippen molar-refractivity contribution in [3.05, 3.63) is 34.3 Å². The molecule has 0 radical (unpaired) electrons. The van der Waals surface area contributed by atoms with Gasteiger partial charge in [0.1, 0.15) is 6.26 Å². The van der Waals surface area contributed by atoms with E-state index in [1.54, 1.807) is 17.6 Å². The van der Waals surface area contributed by atoms with Gasteiger partial charge in [-0.3, -0.25) is 0 Å². The number of hydrogen-bond donors (Lipinski definition) is 1. The van der Waals surface area contributed by atoms with Crippen molar-refractivity contribution in [1.82, 2.24) is 4.98 Å². The van der Waals surface area contributed by atoms with E-state index in [4.69, 9.17) is 4.42 Å². The number of aromatic nitrogens is 1. The summed E-state index contributed by atoms with van der Waals surface area (Å²) >= 11 is 1.73. The lowest BCUT2D eigenvalue weighted by atomic mass is 10.3. The Balaban J connectivity index is 2.05. The van der Waals surface area contributed by atoms with Crippen molar-refractivity contribution in [2.75, 3.05) is 5.32 Å². The minimum atomic E-state index is 0.244. The third-order valence-corrected chi connectivity index (χ3v) is 2.98. The number of rotatable bonds is 3. The molecule has 0 saturated carbocycles. The van der Waals surface area contributed by atoms with Gasteiger partial charge in [0.25, 0.3) is 6.01 Å². The summed E-state index contributed by atoms with van der Waals surface area (Å²) in [5.41, 5.74) is 0.894. The van der Waals surface area contributed by atoms with Gasteiger partial charge in [0.15, 0.2) is 0 Å². The highest BCUT2D eigenvalue weighted by atomic mass is 32.1. The van der Waals surface area contributed by atoms with Gasteiger partial charge in [-0.2, -0.15) is 4.98 Å². The van der Waals surface area contributed by atoms with E-state index in [1.807, 2.05) is 13.0 Å². The second-order valence-electron chi connectivity index (χ2n) is 3.18. The van der Waals surface area contributed by atoms with Crippen LogP contribution in [0.2, 0.25) is 0 Å². The fourth-order valence-corrected chi connectivity index (χ4v) is 1.95. The topological polar surface area (TPSA) is 38.1 Å². The zero-order valence-electron chi connectivity index (χ0n) is 8.15. The minimum Gasteiger partial charge on any atom is -0.432 e. The summed E-state index contributed by atoms with van der Waals surface area (Å²) in [7, 11) is 0. The first kappa shape index (κ1) is 9.27. The first-order valence-electron chi connectivity index (χ1n) is 4.48. The van der Waals surface area contributed by atoms with Gasteiger partial charge >= 0.3 is 0 Å². The van der Waals surface area contributed by atoms with E-state index >= 15 is 0 Å². The fraction of sp³-hybridized carbons (Fsp3) is 0.300. The van der Waals surface area contributed by atoms with Gasteiger partial charge < -0.3 is 9.73 Å². The van der Waals surface area contributed by atoms with Crippen molar-refractivity contribution < 1.29 is 4.42 Å². The third kappa shape index (κ3) is 1.96. The highest BCUT2D eigenvalue weighted by Crippen LogP contribution is 2.22. The molecule has 14 heavy (non-hydrogen) atoms. The van der Waals surface area contributed by atoms with Crippen LogP contribution < -0.4 is 5.32 Å². The summed E-state index contributed by atoms with van der Waals surface area (Å²) in [4.78, 5) is 5.47. The Hall–Kier alpha value is -1.29. The van der Waals surface area contributed by atoms with Crippen molar-refractivity contribution in [1.29, 1.82) is 0 Å². The molecular weight excluding hydrogens is 196 g/mol. The number of oxazole rings is 1. The predicted octanol–water partition coefficient (Wildman–Crippen LogP) is 3.22. The van der Waals surface area contributed by atoms with Crippen molar-refractivity contribution >= 4 is 17.4 Å². The zero-order valence-corrected chi connectivity index (χ0v) is 8.97. The molecular formula is C10H12N2OS. The smallest absolute Gasteiger partial charge is 0.295 e. The van der Waals surface area contributed by atoms with E-state index in [9.17, 15) is 0 Å². The quantitative estimate of drug-likeness (QED) is 0.841. The van der Waals surface area contributed by atoms with Crippen LogP contribution in [0.3, 0.4) is 0 Å². The van der Waals surface area contributed by atoms with Crippen LogP contribution in [-0.2, 0) is 0 Å². The normalized spacial score (nSPS) is 12.7. The standard InChI is InChI=1S/C10H12N2OS/c1-7-6-13-10(11-7)12-8(2)9-4-3-5-14-9/h3-6,8H,1-2H3,(H,11,12)/t8-/m1/s1. The molecule has 4 heteroatoms. The van der Waals surface area contributed by atoms with Gasteiger partial charge in [0.05, 0.1) is 11.7 Å². The maximum Gasteiger partial charge on any atom is 0.295 e. The van der Waals surface area contributed by atoms with Crippen molar-refractivity contribution in [2.45, 2.75) is 19.9 Å². The lowest BCUT2D eigenvalue weighted by Gasteiger charge is -2.08. The number of hydrogen-bond acceptors (Lipinski definition) is 4. The van der Waals surface area contributed by atoms with E-state index in [0.29, 0.717) is 6.01 Å². The Labute approximate surface area is 86.8 Å². The molecule has 0 unspecified atom stereocenters. The Morgan fingerprint density at radius 1 is 1.57 bits per heavy atom. The predicted molar refractivity (Wildman–Crippen MR) is 57.6 cm³/mol. The van der Waals surface area contributed by atoms with E-state index in [1.165, 1.54) is 4.88 Å². The van der Waals surface area contributed by atoms with Gasteiger partial charge in [0, 0.05) is 4.88 Å². The van der Waals surface area contributed by atoms with Gasteiger partial charge in [-0.1, -0.05) is 6.07 Å². The van der Waals surface area contributed by atoms with Crippen molar-refractivity contribution in [3.8, 4) is 0 Å². The van der Waals surface area contributed by atoms with Crippen molar-refractivity contribution in [2.24, 2.45) is 0 Å². The molecule has 3 nitrogen and oxygen atoms in total. The Kier molecular flexibility index (Phi) is 2.54. The molecule has 0 saturated heterocycles. The largest absolute Gasteiger partial charge is 0.432 e. The third-order valence-electron chi connectivity index (χ3n) is 1.93. The minimum absolute atomic E-state index is 0.244. The van der Waals surface area contributed by atoms with Gasteiger partial charge in [-0.15, -0.1) is 11.3 Å². The molecule has 0 spiro atoms. The molecule has 1 N–H and O–H groups in total. The lowest BCUT2D eigenvalue weighted by molar-refractivity contribution is 0.563. The average Bonchev–Trinajstić information content (AvgIpc) is 2.75. The van der Waals surface area contributed by atoms with E-state index < -0.39 is 0 Å². The molecule has 2 aromatic heterocycles. The molecule has 0 aliphatic carbocycles. The summed E-state index contributed by atoms with van der Waals surface area (Å²) in [5, 5.41) is 5.26. The molecule has 1 atom stereocenters. The molecule has 0 fully saturated rings. The van der Waals surface area contributed by atoms with Crippen LogP contribution in [0.4, 0.5) is 6.01 Å². The second kappa shape index (κ2) is 3.84. The zero-order chi connectivity index (χ0) is 9.97. The van der Waals surface area contributed by atoms with Crippen LogP contribution in [0.5, 0.6) is 0 Å². The molecule has 0 aliphatic rings. The molecule has 0 bridgehead atoms. The number of thiophene rings is 1. The average molecular weight is 208 g/mol. The molecule has 2 heterocycles. The summed E-state index contributed by atoms with van der Waals surface area (Å²) in [6, 6.07) is 4.97. The summed E-state index contributed by atoms with van der Waals surface area (Å²) in [6.07, 6.45) is 1.64. The van der Waals surface area contributed by atoms with Crippen molar-refractivity contribution in [3.63, 3.8) is 0 Å². The first-order valence-corrected chi connectivity index (χ1v) is 5.36. The summed E-state index contributed by atoms with van der Waals surface area (Å²) < 4.78 is 5.22. The van der Waals surface area contributed by atoms with Crippen LogP contribution in [0, 0.1) is 6.92 Å². The number of nitrogens with one attached hydrogen (secondary N) is 1. The molecule has 2 aromatic rings. The SMILES string of the molecule is Cc1coc(N[C@H](C)c2cccs2)n1. The maximum absolute atomic E-state index is 5.22. The number of aryl methyl sites for hydroxylation is 1. The molecule has 0 aromatic carbocycles. The highest BCUT2D eigenvalue weighted by molar-refractivity contribution is 7.10. The molecule has 0 amide bonds. The van der Waals surface area contributed by atoms with Gasteiger partial charge in [-0.05, 0) is 25.3 Å². The highest BCUT2D eigenvalue weighted by Gasteiger charge is 2.08. The van der Waals surface area contributed by atoms with Crippen LogP contribution >= 0.6 is 11.3 Å². The van der Waals surface area contributed by atoms with Crippen LogP contribution in [0.1, 0.15) is 23.5 Å². The number of anilines is 1. The molecule has 2 rings (SSSR count). The first-order chi connectivity index (χ1) is 6.75. The number of nitrogens with zero attached hydrogens (tertiary/aromatic N) is 1. The van der Waals surface area contributed by atoms with E-state index in [0.717, 1.165) is 5.69 Å². The maximum atomic E-state index is 5.22. The van der Waals surface area contributed by atoms with E-state index in [-0.39, 0.29) is 6.04 Å². The summed E-state index contributed by atoms with van der Waals surface area (Å²) in [5.74, 6) is 0. The Morgan fingerprint density at radius 3 is 3.00 bits per heavy atom. The van der Waals surface area contributed by atoms with Crippen LogP contribution in [0.15, 0.2) is 28.2 Å². The molecule has 0 aliphatic heterocycles.